The second-order valence-electron chi connectivity index (χ2n) is 6.20. The SMILES string of the molecule is CC(=O)C(Cc1ccccc1)C(=O)NCC(=O)NC(C(=O)O)C(C)C. The van der Waals surface area contributed by atoms with Crippen LogP contribution in [-0.4, -0.2) is 41.3 Å². The van der Waals surface area contributed by atoms with Crippen LogP contribution in [0.1, 0.15) is 26.3 Å². The highest BCUT2D eigenvalue weighted by atomic mass is 16.4. The molecule has 25 heavy (non-hydrogen) atoms. The molecule has 136 valence electrons. The first-order valence-electron chi connectivity index (χ1n) is 8.06. The molecular formula is C18H24N2O5. The summed E-state index contributed by atoms with van der Waals surface area (Å²) in [6.45, 7) is 4.28. The summed E-state index contributed by atoms with van der Waals surface area (Å²) in [5.74, 6) is -3.79. The van der Waals surface area contributed by atoms with E-state index in [2.05, 4.69) is 10.6 Å². The highest BCUT2D eigenvalue weighted by Crippen LogP contribution is 2.10. The van der Waals surface area contributed by atoms with Crippen molar-refractivity contribution in [3.8, 4) is 0 Å². The molecule has 0 aliphatic carbocycles. The molecule has 3 N–H and O–H groups in total. The van der Waals surface area contributed by atoms with Crippen LogP contribution >= 0.6 is 0 Å². The van der Waals surface area contributed by atoms with Gasteiger partial charge in [-0.2, -0.15) is 0 Å². The Hall–Kier alpha value is -2.70. The van der Waals surface area contributed by atoms with Crippen LogP contribution in [0.15, 0.2) is 30.3 Å². The number of ketones is 1. The lowest BCUT2D eigenvalue weighted by atomic mass is 9.95. The maximum atomic E-state index is 12.2. The first-order chi connectivity index (χ1) is 11.7. The number of aliphatic carboxylic acids is 1. The normalized spacial score (nSPS) is 13.0. The van der Waals surface area contributed by atoms with Crippen molar-refractivity contribution < 1.29 is 24.3 Å². The third kappa shape index (κ3) is 6.74. The first kappa shape index (κ1) is 20.3. The molecule has 0 saturated carbocycles. The van der Waals surface area contributed by atoms with Gasteiger partial charge in [0.05, 0.1) is 6.54 Å². The molecule has 7 heteroatoms. The Kier molecular flexibility index (Phi) is 7.78. The minimum Gasteiger partial charge on any atom is -0.480 e. The lowest BCUT2D eigenvalue weighted by Crippen LogP contribution is -2.49. The summed E-state index contributed by atoms with van der Waals surface area (Å²) in [4.78, 5) is 46.9. The third-order valence-electron chi connectivity index (χ3n) is 3.76. The van der Waals surface area contributed by atoms with Crippen molar-refractivity contribution in [2.45, 2.75) is 33.2 Å². The number of carboxylic acids is 1. The van der Waals surface area contributed by atoms with Crippen LogP contribution in [0.25, 0.3) is 0 Å². The molecule has 0 fully saturated rings. The van der Waals surface area contributed by atoms with Crippen molar-refractivity contribution >= 4 is 23.6 Å². The molecule has 2 unspecified atom stereocenters. The van der Waals surface area contributed by atoms with Gasteiger partial charge in [0.2, 0.25) is 11.8 Å². The molecular weight excluding hydrogens is 324 g/mol. The van der Waals surface area contributed by atoms with Crippen molar-refractivity contribution in [1.82, 2.24) is 10.6 Å². The van der Waals surface area contributed by atoms with Crippen LogP contribution in [0.4, 0.5) is 0 Å². The Bertz CT molecular complexity index is 628. The van der Waals surface area contributed by atoms with Crippen LogP contribution in [0.3, 0.4) is 0 Å². The van der Waals surface area contributed by atoms with Gasteiger partial charge in [0.1, 0.15) is 17.7 Å². The van der Waals surface area contributed by atoms with Crippen LogP contribution in [-0.2, 0) is 25.6 Å². The van der Waals surface area contributed by atoms with E-state index < -0.39 is 29.7 Å². The summed E-state index contributed by atoms with van der Waals surface area (Å²) in [5.41, 5.74) is 0.841. The van der Waals surface area contributed by atoms with Gasteiger partial charge >= 0.3 is 5.97 Å². The van der Waals surface area contributed by atoms with Crippen LogP contribution in [0, 0.1) is 11.8 Å². The Labute approximate surface area is 146 Å². The highest BCUT2D eigenvalue weighted by Gasteiger charge is 2.26. The topological polar surface area (TPSA) is 113 Å². The fourth-order valence-electron chi connectivity index (χ4n) is 2.30. The largest absolute Gasteiger partial charge is 0.480 e. The number of amides is 2. The number of nitrogens with one attached hydrogen (secondary N) is 2. The van der Waals surface area contributed by atoms with E-state index in [4.69, 9.17) is 5.11 Å². The van der Waals surface area contributed by atoms with E-state index in [1.807, 2.05) is 30.3 Å². The number of Topliss-reactive ketones (excluding diaryl/α,β-unsaturated/α-hetero) is 1. The van der Waals surface area contributed by atoms with E-state index in [1.165, 1.54) is 6.92 Å². The summed E-state index contributed by atoms with van der Waals surface area (Å²) >= 11 is 0. The number of carbonyl (C=O) groups excluding carboxylic acids is 3. The Morgan fingerprint density at radius 3 is 2.16 bits per heavy atom. The Morgan fingerprint density at radius 1 is 1.08 bits per heavy atom. The van der Waals surface area contributed by atoms with Crippen molar-refractivity contribution in [1.29, 1.82) is 0 Å². The molecule has 1 aromatic carbocycles. The Morgan fingerprint density at radius 2 is 1.68 bits per heavy atom. The van der Waals surface area contributed by atoms with Crippen LogP contribution < -0.4 is 10.6 Å². The van der Waals surface area contributed by atoms with Gasteiger partial charge in [-0.25, -0.2) is 4.79 Å². The number of benzene rings is 1. The highest BCUT2D eigenvalue weighted by molar-refractivity contribution is 6.01. The van der Waals surface area contributed by atoms with Gasteiger partial charge in [-0.15, -0.1) is 0 Å². The molecule has 0 heterocycles. The average Bonchev–Trinajstić information content (AvgIpc) is 2.55. The van der Waals surface area contributed by atoms with Gasteiger partial charge in [0, 0.05) is 0 Å². The summed E-state index contributed by atoms with van der Waals surface area (Å²) in [5, 5.41) is 13.8. The van der Waals surface area contributed by atoms with Crippen molar-refractivity contribution in [3.63, 3.8) is 0 Å². The average molecular weight is 348 g/mol. The molecule has 7 nitrogen and oxygen atoms in total. The summed E-state index contributed by atoms with van der Waals surface area (Å²) in [6, 6.07) is 8.07. The number of hydrogen-bond acceptors (Lipinski definition) is 4. The summed E-state index contributed by atoms with van der Waals surface area (Å²) < 4.78 is 0. The predicted octanol–water partition coefficient (Wildman–Crippen LogP) is 0.776. The minimum absolute atomic E-state index is 0.243. The number of hydrogen-bond donors (Lipinski definition) is 3. The zero-order chi connectivity index (χ0) is 19.0. The fraction of sp³-hybridized carbons (Fsp3) is 0.444. The van der Waals surface area contributed by atoms with Gasteiger partial charge in [-0.1, -0.05) is 44.2 Å². The molecule has 2 amide bonds. The van der Waals surface area contributed by atoms with E-state index in [-0.39, 0.29) is 24.7 Å². The summed E-state index contributed by atoms with van der Waals surface area (Å²) in [7, 11) is 0. The maximum Gasteiger partial charge on any atom is 0.326 e. The van der Waals surface area contributed by atoms with E-state index >= 15 is 0 Å². The Balaban J connectivity index is 2.61. The van der Waals surface area contributed by atoms with Crippen molar-refractivity contribution in [3.05, 3.63) is 35.9 Å². The number of carboxylic acid groups (broad SMARTS) is 1. The maximum absolute atomic E-state index is 12.2. The minimum atomic E-state index is -1.14. The van der Waals surface area contributed by atoms with E-state index in [0.717, 1.165) is 5.56 Å². The molecule has 0 radical (unpaired) electrons. The molecule has 0 bridgehead atoms. The van der Waals surface area contributed by atoms with Crippen LogP contribution in [0.2, 0.25) is 0 Å². The van der Waals surface area contributed by atoms with E-state index in [0.29, 0.717) is 0 Å². The van der Waals surface area contributed by atoms with Crippen LogP contribution in [0.5, 0.6) is 0 Å². The standard InChI is InChI=1S/C18H24N2O5/c1-11(2)16(18(24)25)20-15(22)10-19-17(23)14(12(3)21)9-13-7-5-4-6-8-13/h4-8,11,14,16H,9-10H2,1-3H3,(H,19,23)(H,20,22)(H,24,25). The molecule has 0 saturated heterocycles. The molecule has 0 spiro atoms. The van der Waals surface area contributed by atoms with Gasteiger partial charge < -0.3 is 15.7 Å². The van der Waals surface area contributed by atoms with Crippen molar-refractivity contribution in [2.24, 2.45) is 11.8 Å². The second kappa shape index (κ2) is 9.56. The first-order valence-corrected chi connectivity index (χ1v) is 8.06. The number of carbonyl (C=O) groups is 4. The molecule has 1 rings (SSSR count). The zero-order valence-corrected chi connectivity index (χ0v) is 14.6. The van der Waals surface area contributed by atoms with E-state index in [9.17, 15) is 19.2 Å². The smallest absolute Gasteiger partial charge is 0.326 e. The van der Waals surface area contributed by atoms with Gasteiger partial charge in [0.25, 0.3) is 0 Å². The molecule has 0 aliphatic rings. The molecule has 1 aromatic rings. The zero-order valence-electron chi connectivity index (χ0n) is 14.6. The lowest BCUT2D eigenvalue weighted by Gasteiger charge is -2.19. The van der Waals surface area contributed by atoms with Gasteiger partial charge in [-0.3, -0.25) is 14.4 Å². The monoisotopic (exact) mass is 348 g/mol. The lowest BCUT2D eigenvalue weighted by molar-refractivity contribution is -0.143. The van der Waals surface area contributed by atoms with Crippen molar-refractivity contribution in [2.75, 3.05) is 6.54 Å². The number of rotatable bonds is 9. The quantitative estimate of drug-likeness (QED) is 0.571. The van der Waals surface area contributed by atoms with Gasteiger partial charge in [0.15, 0.2) is 0 Å². The van der Waals surface area contributed by atoms with E-state index in [1.54, 1.807) is 13.8 Å². The molecule has 2 atom stereocenters. The molecule has 0 aliphatic heterocycles. The fourth-order valence-corrected chi connectivity index (χ4v) is 2.30. The molecule has 0 aromatic heterocycles. The second-order valence-corrected chi connectivity index (χ2v) is 6.20. The predicted molar refractivity (Wildman–Crippen MR) is 91.7 cm³/mol. The summed E-state index contributed by atoms with van der Waals surface area (Å²) in [6.07, 6.45) is 0.243. The van der Waals surface area contributed by atoms with Gasteiger partial charge in [-0.05, 0) is 24.8 Å². The third-order valence-corrected chi connectivity index (χ3v) is 3.76.